The van der Waals surface area contributed by atoms with E-state index in [4.69, 9.17) is 31.2 Å². The Hall–Kier alpha value is -4.89. The number of aryl methyl sites for hydroxylation is 2. The largest absolute Gasteiger partial charge is 0.493 e. The number of pyridine rings is 1. The fraction of sp³-hybridized carbons (Fsp3) is 0.419. The molecule has 58 heavy (non-hydrogen) atoms. The number of aromatic nitrogens is 1. The van der Waals surface area contributed by atoms with E-state index in [9.17, 15) is 27.9 Å². The molecule has 4 heterocycles. The van der Waals surface area contributed by atoms with Gasteiger partial charge in [0.2, 0.25) is 12.3 Å². The molecule has 2 aliphatic rings. The minimum atomic E-state index is -4.29. The van der Waals surface area contributed by atoms with Crippen LogP contribution >= 0.6 is 11.6 Å². The van der Waals surface area contributed by atoms with Crippen LogP contribution in [0.3, 0.4) is 0 Å². The third kappa shape index (κ3) is 17.3. The first kappa shape index (κ1) is 47.5. The van der Waals surface area contributed by atoms with Gasteiger partial charge in [0.05, 0.1) is 31.2 Å². The smallest absolute Gasteiger partial charge is 0.405 e. The third-order valence-corrected chi connectivity index (χ3v) is 9.24. The van der Waals surface area contributed by atoms with E-state index in [1.807, 2.05) is 75.4 Å². The highest BCUT2D eigenvalue weighted by Gasteiger charge is 2.26. The Morgan fingerprint density at radius 1 is 1.07 bits per heavy atom. The Kier molecular flexibility index (Phi) is 20.3. The summed E-state index contributed by atoms with van der Waals surface area (Å²) < 4.78 is 50.3. The summed E-state index contributed by atoms with van der Waals surface area (Å²) >= 11 is 5.98. The van der Waals surface area contributed by atoms with Crippen molar-refractivity contribution in [3.63, 3.8) is 0 Å². The van der Waals surface area contributed by atoms with Gasteiger partial charge in [-0.15, -0.1) is 0 Å². The SMILES string of the molecule is C=C(C[C@H](C[C@H](O)CN1CCN(Cc2ccc(-c3ccc(Cl)cc3)o2)CC1)C(N)=O)Oc1cnccc1C.CC.O=CNCC(F)(F)F.c1ccc2c(c1)CCCO2. The topological polar surface area (TPSA) is 143 Å². The molecule has 4 aromatic rings. The van der Waals surface area contributed by atoms with E-state index in [0.29, 0.717) is 23.1 Å². The van der Waals surface area contributed by atoms with Gasteiger partial charge in [0, 0.05) is 61.8 Å². The van der Waals surface area contributed by atoms with Crippen molar-refractivity contribution in [3.05, 3.63) is 113 Å². The Bertz CT molecular complexity index is 1810. The molecular weight excluding hydrogens is 775 g/mol. The van der Waals surface area contributed by atoms with Gasteiger partial charge in [-0.05, 0) is 85.8 Å². The van der Waals surface area contributed by atoms with Crippen LogP contribution in [-0.2, 0) is 22.6 Å². The lowest BCUT2D eigenvalue weighted by molar-refractivity contribution is -0.132. The van der Waals surface area contributed by atoms with Crippen LogP contribution in [0.4, 0.5) is 13.2 Å². The first-order valence-electron chi connectivity index (χ1n) is 19.3. The van der Waals surface area contributed by atoms with Crippen LogP contribution in [0.25, 0.3) is 11.3 Å². The Morgan fingerprint density at radius 3 is 2.38 bits per heavy atom. The molecule has 15 heteroatoms. The van der Waals surface area contributed by atoms with E-state index >= 15 is 0 Å². The van der Waals surface area contributed by atoms with Crippen LogP contribution in [0, 0.1) is 12.8 Å². The van der Waals surface area contributed by atoms with Gasteiger partial charge in [-0.25, -0.2) is 0 Å². The summed E-state index contributed by atoms with van der Waals surface area (Å²) in [6.45, 7) is 14.0. The second kappa shape index (κ2) is 24.8. The van der Waals surface area contributed by atoms with Crippen LogP contribution < -0.4 is 20.5 Å². The van der Waals surface area contributed by atoms with Gasteiger partial charge < -0.3 is 30.0 Å². The zero-order chi connectivity index (χ0) is 42.5. The van der Waals surface area contributed by atoms with E-state index in [0.717, 1.165) is 74.1 Å². The number of β-amino-alcohol motifs (C(OH)–C–C–N with tert-alkyl or cyclic N) is 1. The van der Waals surface area contributed by atoms with Gasteiger partial charge in [0.15, 0.2) is 0 Å². The number of halogens is 4. The zero-order valence-corrected chi connectivity index (χ0v) is 34.1. The highest BCUT2D eigenvalue weighted by Crippen LogP contribution is 2.26. The van der Waals surface area contributed by atoms with Crippen LogP contribution in [0.5, 0.6) is 11.5 Å². The lowest BCUT2D eigenvalue weighted by Gasteiger charge is -2.35. The summed E-state index contributed by atoms with van der Waals surface area (Å²) in [6, 6.07) is 21.7. The van der Waals surface area contributed by atoms with Crippen LogP contribution in [0.1, 0.15) is 50.0 Å². The number of nitrogens with two attached hydrogens (primary N) is 1. The highest BCUT2D eigenvalue weighted by atomic mass is 35.5. The Balaban J connectivity index is 0.000000366. The second-order valence-electron chi connectivity index (χ2n) is 13.5. The number of fused-ring (bicyclic) bond motifs is 1. The number of nitrogens with one attached hydrogen (secondary N) is 1. The van der Waals surface area contributed by atoms with Gasteiger partial charge in [-0.2, -0.15) is 13.2 Å². The molecule has 2 atom stereocenters. The molecule has 0 radical (unpaired) electrons. The standard InChI is InChI=1S/C29H35ClN4O4.C9H10O.C3H4F3NO.C2H6/c1-20-9-10-32-17-28(20)37-21(2)15-23(29(31)36)16-25(35)18-33-11-13-34(14-12-33)19-26-7-8-27(38-26)22-3-5-24(30)6-4-22;1-2-6-9-8(4-1)5-3-7-10-9;4-3(5,6)1-7-2-8;1-2/h3-10,17,23,25,35H,2,11-16,18-19H2,1H3,(H2,31,36);1-2,4,6H,3,5,7H2;2H,1H2,(H,7,8);1-2H3/t23-,25+;;;/m1.../s1. The number of hydrogen-bond donors (Lipinski definition) is 3. The maximum atomic E-state index is 12.1. The van der Waals surface area contributed by atoms with Crippen molar-refractivity contribution in [2.45, 2.75) is 65.3 Å². The maximum Gasteiger partial charge on any atom is 0.405 e. The zero-order valence-electron chi connectivity index (χ0n) is 33.3. The molecule has 316 valence electrons. The van der Waals surface area contributed by atoms with E-state index < -0.39 is 30.7 Å². The van der Waals surface area contributed by atoms with Gasteiger partial charge in [-0.1, -0.05) is 50.2 Å². The molecule has 4 N–H and O–H groups in total. The number of rotatable bonds is 14. The van der Waals surface area contributed by atoms with Crippen molar-refractivity contribution in [3.8, 4) is 22.8 Å². The number of hydrogen-bond acceptors (Lipinski definition) is 9. The van der Waals surface area contributed by atoms with Crippen molar-refractivity contribution in [1.29, 1.82) is 0 Å². The van der Waals surface area contributed by atoms with Crippen molar-refractivity contribution in [1.82, 2.24) is 20.1 Å². The number of carbonyl (C=O) groups is 2. The number of primary amides is 1. The van der Waals surface area contributed by atoms with Gasteiger partial charge >= 0.3 is 6.18 Å². The fourth-order valence-electron chi connectivity index (χ4n) is 6.07. The van der Waals surface area contributed by atoms with Crippen molar-refractivity contribution in [2.24, 2.45) is 11.7 Å². The molecule has 0 spiro atoms. The first-order chi connectivity index (χ1) is 27.8. The molecule has 2 aromatic heterocycles. The normalized spacial score (nSPS) is 14.9. The monoisotopic (exact) mass is 829 g/mol. The summed E-state index contributed by atoms with van der Waals surface area (Å²) in [4.78, 5) is 29.9. The van der Waals surface area contributed by atoms with Crippen LogP contribution in [0.15, 0.2) is 95.9 Å². The quantitative estimate of drug-likeness (QED) is 0.0866. The molecule has 2 aromatic carbocycles. The van der Waals surface area contributed by atoms with E-state index in [1.54, 1.807) is 12.4 Å². The lowest BCUT2D eigenvalue weighted by Crippen LogP contribution is -2.48. The summed E-state index contributed by atoms with van der Waals surface area (Å²) in [6.07, 6.45) is 1.17. The predicted molar refractivity (Wildman–Crippen MR) is 219 cm³/mol. The number of aliphatic hydroxyl groups is 1. The highest BCUT2D eigenvalue weighted by molar-refractivity contribution is 6.30. The lowest BCUT2D eigenvalue weighted by atomic mass is 9.96. The second-order valence-corrected chi connectivity index (χ2v) is 13.9. The number of piperazine rings is 1. The fourth-order valence-corrected chi connectivity index (χ4v) is 6.19. The number of furan rings is 1. The minimum absolute atomic E-state index is 0.00743. The molecular formula is C43H55ClF3N5O6. The van der Waals surface area contributed by atoms with Crippen LogP contribution in [0.2, 0.25) is 5.02 Å². The summed E-state index contributed by atoms with van der Waals surface area (Å²) in [5.74, 6) is 2.79. The number of allylic oxidation sites excluding steroid dienone is 1. The number of para-hydroxylation sites is 1. The third-order valence-electron chi connectivity index (χ3n) is 8.99. The number of alkyl halides is 3. The van der Waals surface area contributed by atoms with Gasteiger partial charge in [0.25, 0.3) is 0 Å². The summed E-state index contributed by atoms with van der Waals surface area (Å²) in [5, 5.41) is 12.9. The number of ether oxygens (including phenoxy) is 2. The number of benzene rings is 2. The number of nitrogens with zero attached hydrogens (tertiary/aromatic N) is 3. The molecule has 0 aliphatic carbocycles. The molecule has 11 nitrogen and oxygen atoms in total. The average Bonchev–Trinajstić information content (AvgIpc) is 3.68. The molecule has 0 bridgehead atoms. The van der Waals surface area contributed by atoms with E-state index in [-0.39, 0.29) is 19.3 Å². The molecule has 1 saturated heterocycles. The number of amides is 2. The number of aliphatic hydroxyl groups excluding tert-OH is 1. The maximum absolute atomic E-state index is 12.1. The van der Waals surface area contributed by atoms with Crippen molar-refractivity contribution >= 4 is 23.9 Å². The molecule has 1 fully saturated rings. The summed E-state index contributed by atoms with van der Waals surface area (Å²) in [7, 11) is 0. The molecule has 0 unspecified atom stereocenters. The Morgan fingerprint density at radius 2 is 1.76 bits per heavy atom. The van der Waals surface area contributed by atoms with Gasteiger partial charge in [-0.3, -0.25) is 24.4 Å². The molecule has 0 saturated carbocycles. The van der Waals surface area contributed by atoms with Crippen LogP contribution in [-0.4, -0.2) is 90.4 Å². The average molecular weight is 830 g/mol. The first-order valence-corrected chi connectivity index (χ1v) is 19.6. The molecule has 6 rings (SSSR count). The van der Waals surface area contributed by atoms with Gasteiger partial charge in [0.1, 0.15) is 29.6 Å². The summed E-state index contributed by atoms with van der Waals surface area (Å²) in [5.41, 5.74) is 8.91. The Labute approximate surface area is 344 Å². The molecule has 2 amide bonds. The van der Waals surface area contributed by atoms with Crippen molar-refractivity contribution in [2.75, 3.05) is 45.9 Å². The predicted octanol–water partition coefficient (Wildman–Crippen LogP) is 7.59. The van der Waals surface area contributed by atoms with E-state index in [2.05, 4.69) is 33.5 Å². The molecule has 2 aliphatic heterocycles. The van der Waals surface area contributed by atoms with E-state index in [1.165, 1.54) is 17.3 Å². The number of carbonyl (C=O) groups excluding carboxylic acids is 2. The van der Waals surface area contributed by atoms with Crippen molar-refractivity contribution < 1.29 is 41.8 Å². The minimum Gasteiger partial charge on any atom is -0.493 e.